The van der Waals surface area contributed by atoms with E-state index in [2.05, 4.69) is 24.0 Å². The lowest BCUT2D eigenvalue weighted by Crippen LogP contribution is -2.21. The molecule has 0 amide bonds. The Hall–Kier alpha value is 0.310. The first-order valence-corrected chi connectivity index (χ1v) is 5.40. The van der Waals surface area contributed by atoms with E-state index >= 15 is 0 Å². The predicted octanol–water partition coefficient (Wildman–Crippen LogP) is 1.88. The van der Waals surface area contributed by atoms with Gasteiger partial charge in [-0.05, 0) is 37.3 Å². The fourth-order valence-electron chi connectivity index (χ4n) is 1.37. The maximum atomic E-state index is 3.50. The van der Waals surface area contributed by atoms with Gasteiger partial charge in [-0.25, -0.2) is 0 Å². The first-order valence-electron chi connectivity index (χ1n) is 4.24. The Kier molecular flexibility index (Phi) is 4.23. The van der Waals surface area contributed by atoms with E-state index in [1.807, 2.05) is 0 Å². The fraction of sp³-hybridized carbons (Fsp3) is 1.00. The lowest BCUT2D eigenvalue weighted by molar-refractivity contribution is 0.592. The van der Waals surface area contributed by atoms with Gasteiger partial charge in [0.05, 0.1) is 0 Å². The Balaban J connectivity index is 1.91. The molecule has 0 aliphatic carbocycles. The summed E-state index contributed by atoms with van der Waals surface area (Å²) in [6.45, 7) is 3.48. The molecule has 1 nitrogen and oxygen atoms in total. The molecule has 0 aromatic heterocycles. The van der Waals surface area contributed by atoms with Crippen molar-refractivity contribution in [3.05, 3.63) is 0 Å². The van der Waals surface area contributed by atoms with Crippen LogP contribution in [0.25, 0.3) is 0 Å². The van der Waals surface area contributed by atoms with Crippen LogP contribution in [0.2, 0.25) is 0 Å². The van der Waals surface area contributed by atoms with Gasteiger partial charge in [0.15, 0.2) is 0 Å². The first kappa shape index (κ1) is 8.41. The molecule has 1 heterocycles. The molecule has 10 heavy (non-hydrogen) atoms. The van der Waals surface area contributed by atoms with E-state index < -0.39 is 0 Å². The van der Waals surface area contributed by atoms with Crippen molar-refractivity contribution in [1.29, 1.82) is 0 Å². The number of hydrogen-bond acceptors (Lipinski definition) is 2. The summed E-state index contributed by atoms with van der Waals surface area (Å²) in [4.78, 5) is 0. The highest BCUT2D eigenvalue weighted by molar-refractivity contribution is 7.99. The van der Waals surface area contributed by atoms with Gasteiger partial charge in [-0.1, -0.05) is 6.92 Å². The van der Waals surface area contributed by atoms with Gasteiger partial charge < -0.3 is 5.32 Å². The summed E-state index contributed by atoms with van der Waals surface area (Å²) in [5, 5.41) is 3.50. The number of thioether (sulfide) groups is 1. The minimum absolute atomic E-state index is 0.846. The third kappa shape index (κ3) is 2.93. The summed E-state index contributed by atoms with van der Waals surface area (Å²) in [6, 6.07) is 0.846. The van der Waals surface area contributed by atoms with Crippen molar-refractivity contribution in [2.45, 2.75) is 32.2 Å². The minimum Gasteiger partial charge on any atom is -0.314 e. The second-order valence-electron chi connectivity index (χ2n) is 2.78. The highest BCUT2D eigenvalue weighted by Gasteiger charge is 2.12. The molecule has 0 aromatic rings. The molecule has 1 fully saturated rings. The molecule has 1 rings (SSSR count). The van der Waals surface area contributed by atoms with Crippen molar-refractivity contribution in [3.63, 3.8) is 0 Å². The quantitative estimate of drug-likeness (QED) is 0.629. The molecule has 60 valence electrons. The van der Waals surface area contributed by atoms with Gasteiger partial charge in [0.1, 0.15) is 0 Å². The van der Waals surface area contributed by atoms with Crippen LogP contribution in [-0.4, -0.2) is 24.1 Å². The van der Waals surface area contributed by atoms with E-state index in [1.54, 1.807) is 0 Å². The lowest BCUT2D eigenvalue weighted by Gasteiger charge is -2.07. The maximum Gasteiger partial charge on any atom is 0.00753 e. The zero-order valence-electron chi connectivity index (χ0n) is 6.73. The highest BCUT2D eigenvalue weighted by Crippen LogP contribution is 2.11. The second-order valence-corrected chi connectivity index (χ2v) is 4.17. The van der Waals surface area contributed by atoms with Gasteiger partial charge >= 0.3 is 0 Å². The normalized spacial score (nSPS) is 25.5. The monoisotopic (exact) mass is 159 g/mol. The van der Waals surface area contributed by atoms with E-state index in [1.165, 1.54) is 37.3 Å². The number of rotatable bonds is 4. The summed E-state index contributed by atoms with van der Waals surface area (Å²) in [7, 11) is 0. The van der Waals surface area contributed by atoms with E-state index in [0.717, 1.165) is 6.04 Å². The third-order valence-electron chi connectivity index (χ3n) is 1.98. The minimum atomic E-state index is 0.846. The molecule has 0 bridgehead atoms. The molecule has 1 aliphatic heterocycles. The SMILES string of the molecule is CCSCCC1CCCN1. The van der Waals surface area contributed by atoms with Crippen LogP contribution in [0.5, 0.6) is 0 Å². The van der Waals surface area contributed by atoms with Crippen molar-refractivity contribution >= 4 is 11.8 Å². The van der Waals surface area contributed by atoms with Gasteiger partial charge in [-0.15, -0.1) is 0 Å². The zero-order valence-corrected chi connectivity index (χ0v) is 7.54. The van der Waals surface area contributed by atoms with E-state index in [-0.39, 0.29) is 0 Å². The largest absolute Gasteiger partial charge is 0.314 e. The fourth-order valence-corrected chi connectivity index (χ4v) is 2.11. The van der Waals surface area contributed by atoms with Crippen LogP contribution in [0.15, 0.2) is 0 Å². The summed E-state index contributed by atoms with van der Waals surface area (Å²) in [6.07, 6.45) is 4.17. The van der Waals surface area contributed by atoms with Gasteiger partial charge in [0.2, 0.25) is 0 Å². The Morgan fingerprint density at radius 2 is 2.50 bits per heavy atom. The van der Waals surface area contributed by atoms with Crippen molar-refractivity contribution in [1.82, 2.24) is 5.32 Å². The topological polar surface area (TPSA) is 12.0 Å². The van der Waals surface area contributed by atoms with Crippen molar-refractivity contribution in [2.24, 2.45) is 0 Å². The van der Waals surface area contributed by atoms with Crippen LogP contribution in [0.3, 0.4) is 0 Å². The molecule has 1 unspecified atom stereocenters. The molecule has 1 atom stereocenters. The third-order valence-corrected chi connectivity index (χ3v) is 2.91. The van der Waals surface area contributed by atoms with E-state index in [9.17, 15) is 0 Å². The molecule has 2 heteroatoms. The lowest BCUT2D eigenvalue weighted by atomic mass is 10.2. The maximum absolute atomic E-state index is 3.50. The predicted molar refractivity (Wildman–Crippen MR) is 48.6 cm³/mol. The average Bonchev–Trinajstić information content (AvgIpc) is 2.41. The Labute approximate surface area is 68.0 Å². The number of nitrogens with one attached hydrogen (secondary N) is 1. The van der Waals surface area contributed by atoms with Gasteiger partial charge in [0.25, 0.3) is 0 Å². The van der Waals surface area contributed by atoms with Crippen LogP contribution in [0.4, 0.5) is 0 Å². The van der Waals surface area contributed by atoms with Gasteiger partial charge in [-0.2, -0.15) is 11.8 Å². The van der Waals surface area contributed by atoms with Crippen molar-refractivity contribution in [3.8, 4) is 0 Å². The van der Waals surface area contributed by atoms with Crippen LogP contribution in [0.1, 0.15) is 26.2 Å². The van der Waals surface area contributed by atoms with Gasteiger partial charge in [0, 0.05) is 6.04 Å². The van der Waals surface area contributed by atoms with Crippen LogP contribution in [0, 0.1) is 0 Å². The molecule has 1 saturated heterocycles. The summed E-state index contributed by atoms with van der Waals surface area (Å²) < 4.78 is 0. The molecular formula is C8H17NS. The van der Waals surface area contributed by atoms with Crippen molar-refractivity contribution in [2.75, 3.05) is 18.1 Å². The molecule has 0 radical (unpaired) electrons. The number of hydrogen-bond donors (Lipinski definition) is 1. The summed E-state index contributed by atoms with van der Waals surface area (Å²) in [5.41, 5.74) is 0. The Morgan fingerprint density at radius 3 is 3.10 bits per heavy atom. The first-order chi connectivity index (χ1) is 4.93. The molecule has 0 aromatic carbocycles. The summed E-state index contributed by atoms with van der Waals surface area (Å²) >= 11 is 2.05. The Bertz CT molecular complexity index is 79.3. The second kappa shape index (κ2) is 5.03. The summed E-state index contributed by atoms with van der Waals surface area (Å²) in [5.74, 6) is 2.61. The molecule has 0 spiro atoms. The standard InChI is InChI=1S/C8H17NS/c1-2-10-7-5-8-4-3-6-9-8/h8-9H,2-7H2,1H3. The average molecular weight is 159 g/mol. The molecular weight excluding hydrogens is 142 g/mol. The van der Waals surface area contributed by atoms with E-state index in [0.29, 0.717) is 0 Å². The highest BCUT2D eigenvalue weighted by atomic mass is 32.2. The van der Waals surface area contributed by atoms with Crippen LogP contribution in [-0.2, 0) is 0 Å². The molecule has 0 saturated carbocycles. The van der Waals surface area contributed by atoms with Gasteiger partial charge in [-0.3, -0.25) is 0 Å². The Morgan fingerprint density at radius 1 is 1.60 bits per heavy atom. The van der Waals surface area contributed by atoms with E-state index in [4.69, 9.17) is 0 Å². The zero-order chi connectivity index (χ0) is 7.23. The van der Waals surface area contributed by atoms with Crippen molar-refractivity contribution < 1.29 is 0 Å². The molecule has 1 aliphatic rings. The van der Waals surface area contributed by atoms with Crippen LogP contribution >= 0.6 is 11.8 Å². The molecule has 1 N–H and O–H groups in total. The van der Waals surface area contributed by atoms with Crippen LogP contribution < -0.4 is 5.32 Å². The smallest absolute Gasteiger partial charge is 0.00753 e.